The zero-order chi connectivity index (χ0) is 42.1. The Bertz CT molecular complexity index is 2080. The van der Waals surface area contributed by atoms with Crippen LogP contribution in [0.3, 0.4) is 0 Å². The summed E-state index contributed by atoms with van der Waals surface area (Å²) < 4.78 is 5.58. The molecular weight excluding hydrogens is 737 g/mol. The van der Waals surface area contributed by atoms with Crippen LogP contribution in [0.2, 0.25) is 0 Å². The van der Waals surface area contributed by atoms with Crippen LogP contribution in [0.5, 0.6) is 0 Å². The molecule has 0 bridgehead atoms. The number of aromatic nitrogens is 4. The lowest BCUT2D eigenvalue weighted by Gasteiger charge is -2.35. The summed E-state index contributed by atoms with van der Waals surface area (Å²) in [5, 5.41) is 9.59. The molecule has 2 aliphatic rings. The van der Waals surface area contributed by atoms with Gasteiger partial charge in [-0.2, -0.15) is 0 Å². The third-order valence-electron chi connectivity index (χ3n) is 11.2. The maximum absolute atomic E-state index is 14.0. The van der Waals surface area contributed by atoms with E-state index in [9.17, 15) is 24.3 Å². The van der Waals surface area contributed by atoms with Crippen molar-refractivity contribution in [3.63, 3.8) is 0 Å². The number of hydrogen-bond donors (Lipinski definition) is 3. The van der Waals surface area contributed by atoms with Gasteiger partial charge < -0.3 is 29.6 Å². The summed E-state index contributed by atoms with van der Waals surface area (Å²) in [5.41, 5.74) is 5.05. The maximum atomic E-state index is 14.0. The van der Waals surface area contributed by atoms with Gasteiger partial charge in [0.05, 0.1) is 35.9 Å². The van der Waals surface area contributed by atoms with Crippen molar-refractivity contribution in [2.45, 2.75) is 104 Å². The number of likely N-dealkylation sites (N-methyl/N-ethyl adjacent to an activating group) is 2. The minimum Gasteiger partial charge on any atom is -0.465 e. The highest BCUT2D eigenvalue weighted by Crippen LogP contribution is 2.36. The smallest absolute Gasteiger partial charge is 0.410 e. The number of benzene rings is 2. The van der Waals surface area contributed by atoms with Crippen molar-refractivity contribution in [1.82, 2.24) is 39.5 Å². The molecule has 2 aromatic heterocycles. The molecule has 0 radical (unpaired) electrons. The molecule has 2 saturated heterocycles. The minimum absolute atomic E-state index is 0.109. The van der Waals surface area contributed by atoms with E-state index in [1.807, 2.05) is 71.7 Å². The Morgan fingerprint density at radius 2 is 1.07 bits per heavy atom. The largest absolute Gasteiger partial charge is 0.465 e. The number of H-pyrrole nitrogens is 2. The van der Waals surface area contributed by atoms with Crippen LogP contribution < -0.4 is 0 Å². The van der Waals surface area contributed by atoms with E-state index in [2.05, 4.69) is 51.4 Å². The fraction of sp³-hybridized carbons (Fsp3) is 0.500. The molecule has 6 rings (SSSR count). The summed E-state index contributed by atoms with van der Waals surface area (Å²) in [6.45, 7) is 14.2. The highest BCUT2D eigenvalue weighted by Gasteiger charge is 2.41. The van der Waals surface area contributed by atoms with E-state index in [1.165, 1.54) is 11.9 Å². The third kappa shape index (κ3) is 8.90. The van der Waals surface area contributed by atoms with Crippen LogP contribution in [0.25, 0.3) is 33.6 Å². The molecular formula is C44H58N8O6. The molecule has 310 valence electrons. The highest BCUT2D eigenvalue weighted by molar-refractivity contribution is 5.87. The molecule has 2 aliphatic heterocycles. The predicted octanol–water partition coefficient (Wildman–Crippen LogP) is 7.99. The summed E-state index contributed by atoms with van der Waals surface area (Å²) in [6, 6.07) is 14.6. The third-order valence-corrected chi connectivity index (χ3v) is 11.2. The van der Waals surface area contributed by atoms with Gasteiger partial charge in [-0.15, -0.1) is 0 Å². The van der Waals surface area contributed by atoms with Gasteiger partial charge in [0.15, 0.2) is 0 Å². The normalized spacial score (nSPS) is 18.1. The van der Waals surface area contributed by atoms with Gasteiger partial charge in [0.25, 0.3) is 0 Å². The Labute approximate surface area is 341 Å². The zero-order valence-corrected chi connectivity index (χ0v) is 35.2. The van der Waals surface area contributed by atoms with Crippen LogP contribution in [-0.2, 0) is 14.3 Å². The van der Waals surface area contributed by atoms with E-state index in [4.69, 9.17) is 9.72 Å². The fourth-order valence-corrected chi connectivity index (χ4v) is 8.32. The summed E-state index contributed by atoms with van der Waals surface area (Å²) in [7, 11) is 3.08. The number of amides is 4. The number of nitrogens with zero attached hydrogens (tertiary/aromatic N) is 6. The SMILES string of the molecule is CC(C)[C@@H](C(=O)N1CCC[C@H]1c1ncc(-c2ccc(-c3ccc(-c4cnc([C@@H]5CCCN5C(=O)[C@H](C(C)C)N(C)C(=O)OC(C)(C)C)[nH]4)cc3)cc2)[nH]1)N(C)C(=O)O. The number of carbonyl (C=O) groups is 4. The molecule has 3 N–H and O–H groups in total. The maximum Gasteiger partial charge on any atom is 0.410 e. The molecule has 4 aromatic rings. The van der Waals surface area contributed by atoms with Gasteiger partial charge in [0.2, 0.25) is 11.8 Å². The Morgan fingerprint density at radius 1 is 0.690 bits per heavy atom. The number of rotatable bonds is 11. The van der Waals surface area contributed by atoms with Gasteiger partial charge in [0.1, 0.15) is 29.3 Å². The van der Waals surface area contributed by atoms with Gasteiger partial charge in [-0.3, -0.25) is 19.4 Å². The second kappa shape index (κ2) is 17.1. The van der Waals surface area contributed by atoms with Crippen LogP contribution in [-0.4, -0.2) is 114 Å². The lowest BCUT2D eigenvalue weighted by atomic mass is 10.0. The Kier molecular flexibility index (Phi) is 12.3. The van der Waals surface area contributed by atoms with Gasteiger partial charge in [0, 0.05) is 27.2 Å². The van der Waals surface area contributed by atoms with Gasteiger partial charge >= 0.3 is 12.2 Å². The highest BCUT2D eigenvalue weighted by atomic mass is 16.6. The Hall–Kier alpha value is -5.66. The minimum atomic E-state index is -1.12. The second-order valence-electron chi connectivity index (χ2n) is 17.3. The Balaban J connectivity index is 1.11. The van der Waals surface area contributed by atoms with Crippen molar-refractivity contribution < 1.29 is 29.0 Å². The number of likely N-dealkylation sites (tertiary alicyclic amines) is 2. The average Bonchev–Trinajstić information content (AvgIpc) is 4.01. The van der Waals surface area contributed by atoms with E-state index in [1.54, 1.807) is 18.1 Å². The molecule has 14 nitrogen and oxygen atoms in total. The van der Waals surface area contributed by atoms with E-state index < -0.39 is 29.9 Å². The van der Waals surface area contributed by atoms with Gasteiger partial charge in [-0.25, -0.2) is 19.6 Å². The zero-order valence-electron chi connectivity index (χ0n) is 35.2. The van der Waals surface area contributed by atoms with E-state index in [-0.39, 0.29) is 35.7 Å². The van der Waals surface area contributed by atoms with Crippen LogP contribution in [0.1, 0.15) is 97.9 Å². The van der Waals surface area contributed by atoms with Crippen LogP contribution >= 0.6 is 0 Å². The first-order chi connectivity index (χ1) is 27.4. The number of nitrogens with one attached hydrogen (secondary N) is 2. The fourth-order valence-electron chi connectivity index (χ4n) is 8.32. The quantitative estimate of drug-likeness (QED) is 0.137. The molecule has 0 spiro atoms. The standard InChI is InChI=1S/C44H58N8O6/c1-26(2)36(49(8)42(55)56)40(53)51-22-10-12-34(51)38-45-24-32(47-38)30-18-14-28(15-19-30)29-16-20-31(21-17-29)33-25-46-39(48-33)35-13-11-23-52(35)41(54)37(27(3)4)50(9)43(57)58-44(5,6)7/h14-21,24-27,34-37H,10-13,22-23H2,1-9H3,(H,45,47)(H,46,48)(H,55,56)/t34-,35-,36-,37-/m0/s1. The van der Waals surface area contributed by atoms with Gasteiger partial charge in [-0.05, 0) is 80.5 Å². The van der Waals surface area contributed by atoms with Crippen molar-refractivity contribution in [3.05, 3.63) is 72.6 Å². The molecule has 0 saturated carbocycles. The van der Waals surface area contributed by atoms with Gasteiger partial charge in [-0.1, -0.05) is 76.2 Å². The van der Waals surface area contributed by atoms with Crippen molar-refractivity contribution >= 4 is 24.0 Å². The Morgan fingerprint density at radius 3 is 1.43 bits per heavy atom. The number of aromatic amines is 2. The van der Waals surface area contributed by atoms with E-state index in [0.717, 1.165) is 70.0 Å². The van der Waals surface area contributed by atoms with Crippen molar-refractivity contribution in [3.8, 4) is 33.6 Å². The van der Waals surface area contributed by atoms with Crippen LogP contribution in [0, 0.1) is 11.8 Å². The lowest BCUT2D eigenvalue weighted by Crippen LogP contribution is -2.52. The molecule has 4 atom stereocenters. The summed E-state index contributed by atoms with van der Waals surface area (Å²) in [5.74, 6) is 0.827. The number of carbonyl (C=O) groups excluding carboxylic acids is 3. The average molecular weight is 795 g/mol. The molecule has 0 aliphatic carbocycles. The summed E-state index contributed by atoms with van der Waals surface area (Å²) in [4.78, 5) is 74.7. The van der Waals surface area contributed by atoms with Crippen molar-refractivity contribution in [1.29, 1.82) is 0 Å². The van der Waals surface area contributed by atoms with Crippen LogP contribution in [0.15, 0.2) is 60.9 Å². The topological polar surface area (TPSA) is 168 Å². The number of hydrogen-bond acceptors (Lipinski definition) is 7. The molecule has 0 unspecified atom stereocenters. The molecule has 58 heavy (non-hydrogen) atoms. The van der Waals surface area contributed by atoms with Crippen molar-refractivity contribution in [2.75, 3.05) is 27.2 Å². The molecule has 2 aromatic carbocycles. The lowest BCUT2D eigenvalue weighted by molar-refractivity contribution is -0.139. The first kappa shape index (κ1) is 42.0. The molecule has 4 amide bonds. The first-order valence-corrected chi connectivity index (χ1v) is 20.3. The van der Waals surface area contributed by atoms with Crippen molar-refractivity contribution in [2.24, 2.45) is 11.8 Å². The number of imidazole rings is 2. The molecule has 14 heteroatoms. The summed E-state index contributed by atoms with van der Waals surface area (Å²) in [6.07, 6.45) is 5.14. The number of ether oxygens (including phenoxy) is 1. The number of carboxylic acid groups (broad SMARTS) is 1. The van der Waals surface area contributed by atoms with E-state index >= 15 is 0 Å². The molecule has 2 fully saturated rings. The summed E-state index contributed by atoms with van der Waals surface area (Å²) >= 11 is 0. The first-order valence-electron chi connectivity index (χ1n) is 20.3. The second-order valence-corrected chi connectivity index (χ2v) is 17.3. The van der Waals surface area contributed by atoms with E-state index in [0.29, 0.717) is 18.9 Å². The predicted molar refractivity (Wildman–Crippen MR) is 221 cm³/mol. The molecule has 4 heterocycles. The monoisotopic (exact) mass is 794 g/mol. The van der Waals surface area contributed by atoms with Crippen LogP contribution in [0.4, 0.5) is 9.59 Å².